The first-order chi connectivity index (χ1) is 7.86. The van der Waals surface area contributed by atoms with Crippen LogP contribution in [-0.2, 0) is 6.42 Å². The fourth-order valence-corrected chi connectivity index (χ4v) is 3.09. The van der Waals surface area contributed by atoms with Crippen LogP contribution >= 0.6 is 11.3 Å². The summed E-state index contributed by atoms with van der Waals surface area (Å²) in [4.78, 5) is 1.49. The number of aryl methyl sites for hydroxylation is 1. The summed E-state index contributed by atoms with van der Waals surface area (Å²) in [6, 6.07) is 4.67. The van der Waals surface area contributed by atoms with Crippen LogP contribution in [0.1, 0.15) is 43.4 Å². The zero-order valence-electron chi connectivity index (χ0n) is 9.82. The predicted octanol–water partition coefficient (Wildman–Crippen LogP) is 3.90. The smallest absolute Gasteiger partial charge is 0.0253 e. The monoisotopic (exact) mass is 235 g/mol. The highest BCUT2D eigenvalue weighted by molar-refractivity contribution is 7.09. The lowest BCUT2D eigenvalue weighted by atomic mass is 9.92. The molecule has 0 aromatic carbocycles. The van der Waals surface area contributed by atoms with Crippen molar-refractivity contribution in [2.75, 3.05) is 0 Å². The molecule has 2 rings (SSSR count). The molecule has 0 fully saturated rings. The van der Waals surface area contributed by atoms with Gasteiger partial charge in [0.25, 0.3) is 0 Å². The Bertz CT molecular complexity index is 327. The summed E-state index contributed by atoms with van der Waals surface area (Å²) in [6.45, 7) is 0. The number of rotatable bonds is 5. The Morgan fingerprint density at radius 3 is 3.00 bits per heavy atom. The van der Waals surface area contributed by atoms with E-state index in [9.17, 15) is 0 Å². The molecule has 1 aliphatic carbocycles. The lowest BCUT2D eigenvalue weighted by Crippen LogP contribution is -2.23. The molecule has 0 saturated carbocycles. The third kappa shape index (κ3) is 3.46. The maximum atomic E-state index is 6.22. The maximum absolute atomic E-state index is 6.22. The van der Waals surface area contributed by atoms with Crippen molar-refractivity contribution in [1.82, 2.24) is 0 Å². The predicted molar refractivity (Wildman–Crippen MR) is 71.8 cm³/mol. The number of hydrogen-bond donors (Lipinski definition) is 1. The first kappa shape index (κ1) is 11.9. The van der Waals surface area contributed by atoms with Crippen molar-refractivity contribution in [3.8, 4) is 0 Å². The van der Waals surface area contributed by atoms with Gasteiger partial charge in [-0.1, -0.05) is 17.7 Å². The fraction of sp³-hybridized carbons (Fsp3) is 0.571. The molecular formula is C14H21NS. The number of hydrogen-bond acceptors (Lipinski definition) is 2. The Morgan fingerprint density at radius 1 is 1.38 bits per heavy atom. The minimum absolute atomic E-state index is 0.320. The van der Waals surface area contributed by atoms with Crippen molar-refractivity contribution in [3.63, 3.8) is 0 Å². The van der Waals surface area contributed by atoms with Gasteiger partial charge >= 0.3 is 0 Å². The highest BCUT2D eigenvalue weighted by Gasteiger charge is 2.11. The molecular weight excluding hydrogens is 214 g/mol. The van der Waals surface area contributed by atoms with E-state index in [1.807, 2.05) is 11.3 Å². The third-order valence-electron chi connectivity index (χ3n) is 3.32. The van der Waals surface area contributed by atoms with Gasteiger partial charge in [0, 0.05) is 10.9 Å². The van der Waals surface area contributed by atoms with Gasteiger partial charge in [-0.25, -0.2) is 0 Å². The van der Waals surface area contributed by atoms with Crippen LogP contribution < -0.4 is 5.73 Å². The summed E-state index contributed by atoms with van der Waals surface area (Å²) < 4.78 is 0. The van der Waals surface area contributed by atoms with Crippen LogP contribution in [-0.4, -0.2) is 6.04 Å². The highest BCUT2D eigenvalue weighted by atomic mass is 32.1. The van der Waals surface area contributed by atoms with E-state index in [-0.39, 0.29) is 0 Å². The summed E-state index contributed by atoms with van der Waals surface area (Å²) in [5.74, 6) is 0. The van der Waals surface area contributed by atoms with Crippen LogP contribution in [0.2, 0.25) is 0 Å². The van der Waals surface area contributed by atoms with Gasteiger partial charge in [-0.2, -0.15) is 0 Å². The summed E-state index contributed by atoms with van der Waals surface area (Å²) >= 11 is 1.85. The quantitative estimate of drug-likeness (QED) is 0.770. The van der Waals surface area contributed by atoms with E-state index in [2.05, 4.69) is 23.6 Å². The summed E-state index contributed by atoms with van der Waals surface area (Å²) in [5.41, 5.74) is 7.73. The van der Waals surface area contributed by atoms with E-state index in [0.29, 0.717) is 6.04 Å². The molecule has 1 aliphatic rings. The molecule has 1 aromatic heterocycles. The molecule has 0 saturated heterocycles. The van der Waals surface area contributed by atoms with Gasteiger partial charge < -0.3 is 5.73 Å². The highest BCUT2D eigenvalue weighted by Crippen LogP contribution is 2.22. The lowest BCUT2D eigenvalue weighted by Gasteiger charge is -2.19. The molecule has 2 heteroatoms. The van der Waals surface area contributed by atoms with Gasteiger partial charge in [-0.05, 0) is 56.4 Å². The second-order valence-electron chi connectivity index (χ2n) is 4.60. The van der Waals surface area contributed by atoms with E-state index >= 15 is 0 Å². The zero-order valence-corrected chi connectivity index (χ0v) is 10.6. The Balaban J connectivity index is 1.71. The van der Waals surface area contributed by atoms with Gasteiger partial charge in [0.15, 0.2) is 0 Å². The van der Waals surface area contributed by atoms with Crippen LogP contribution in [0.5, 0.6) is 0 Å². The second-order valence-corrected chi connectivity index (χ2v) is 5.64. The molecule has 1 unspecified atom stereocenters. The molecule has 88 valence electrons. The van der Waals surface area contributed by atoms with Crippen LogP contribution in [0, 0.1) is 0 Å². The van der Waals surface area contributed by atoms with Gasteiger partial charge in [0.2, 0.25) is 0 Å². The largest absolute Gasteiger partial charge is 0.324 e. The van der Waals surface area contributed by atoms with Crippen LogP contribution in [0.3, 0.4) is 0 Å². The van der Waals surface area contributed by atoms with Crippen molar-refractivity contribution in [2.24, 2.45) is 5.73 Å². The normalized spacial score (nSPS) is 18.2. The first-order valence-electron chi connectivity index (χ1n) is 6.33. The molecule has 0 spiro atoms. The van der Waals surface area contributed by atoms with Crippen molar-refractivity contribution in [2.45, 2.75) is 51.0 Å². The maximum Gasteiger partial charge on any atom is 0.0253 e. The minimum Gasteiger partial charge on any atom is -0.324 e. The molecule has 1 nitrogen and oxygen atoms in total. The molecule has 1 atom stereocenters. The Labute approximate surface area is 102 Å². The van der Waals surface area contributed by atoms with E-state index in [1.165, 1.54) is 49.0 Å². The molecule has 0 aliphatic heterocycles. The number of nitrogens with two attached hydrogens (primary N) is 1. The minimum atomic E-state index is 0.320. The van der Waals surface area contributed by atoms with Gasteiger partial charge in [-0.3, -0.25) is 0 Å². The molecule has 0 bridgehead atoms. The van der Waals surface area contributed by atoms with Crippen LogP contribution in [0.15, 0.2) is 29.2 Å². The molecule has 1 heterocycles. The molecule has 0 radical (unpaired) electrons. The van der Waals surface area contributed by atoms with E-state index in [0.717, 1.165) is 6.42 Å². The summed E-state index contributed by atoms with van der Waals surface area (Å²) in [7, 11) is 0. The van der Waals surface area contributed by atoms with Crippen molar-refractivity contribution in [1.29, 1.82) is 0 Å². The average molecular weight is 235 g/mol. The Kier molecular flexibility index (Phi) is 4.61. The van der Waals surface area contributed by atoms with Gasteiger partial charge in [-0.15, -0.1) is 11.3 Å². The summed E-state index contributed by atoms with van der Waals surface area (Å²) in [5, 5.41) is 2.15. The standard InChI is InChI=1S/C14H21NS/c15-14(12-6-2-1-3-7-12)10-4-8-13-9-5-11-16-13/h5-6,9,11,14H,1-4,7-8,10,15H2. The van der Waals surface area contributed by atoms with Crippen LogP contribution in [0.25, 0.3) is 0 Å². The molecule has 2 N–H and O–H groups in total. The molecule has 1 aromatic rings. The third-order valence-corrected chi connectivity index (χ3v) is 4.26. The van der Waals surface area contributed by atoms with Crippen molar-refractivity contribution >= 4 is 11.3 Å². The Morgan fingerprint density at radius 2 is 2.31 bits per heavy atom. The molecule has 16 heavy (non-hydrogen) atoms. The topological polar surface area (TPSA) is 26.0 Å². The van der Waals surface area contributed by atoms with E-state index in [4.69, 9.17) is 5.73 Å². The average Bonchev–Trinajstić information content (AvgIpc) is 2.83. The summed E-state index contributed by atoms with van der Waals surface area (Å²) in [6.07, 6.45) is 11.1. The zero-order chi connectivity index (χ0) is 11.2. The van der Waals surface area contributed by atoms with E-state index < -0.39 is 0 Å². The lowest BCUT2D eigenvalue weighted by molar-refractivity contribution is 0.586. The van der Waals surface area contributed by atoms with Crippen LogP contribution in [0.4, 0.5) is 0 Å². The second kappa shape index (κ2) is 6.21. The first-order valence-corrected chi connectivity index (χ1v) is 7.21. The van der Waals surface area contributed by atoms with Gasteiger partial charge in [0.1, 0.15) is 0 Å². The SMILES string of the molecule is NC(CCCc1cccs1)C1=CCCCC1. The van der Waals surface area contributed by atoms with E-state index in [1.54, 1.807) is 0 Å². The molecule has 0 amide bonds. The fourth-order valence-electron chi connectivity index (χ4n) is 2.34. The van der Waals surface area contributed by atoms with Crippen molar-refractivity contribution in [3.05, 3.63) is 34.0 Å². The Hall–Kier alpha value is -0.600. The van der Waals surface area contributed by atoms with Crippen molar-refractivity contribution < 1.29 is 0 Å². The number of allylic oxidation sites excluding steroid dienone is 1. The number of thiophene rings is 1. The van der Waals surface area contributed by atoms with Gasteiger partial charge in [0.05, 0.1) is 0 Å².